The zero-order chi connectivity index (χ0) is 15.5. The van der Waals surface area contributed by atoms with Crippen molar-refractivity contribution in [3.8, 4) is 0 Å². The van der Waals surface area contributed by atoms with Crippen LogP contribution >= 0.6 is 11.6 Å². The Balaban J connectivity index is 1.53. The number of halogens is 1. The number of rotatable bonds is 3. The summed E-state index contributed by atoms with van der Waals surface area (Å²) in [6, 6.07) is 8.17. The van der Waals surface area contributed by atoms with Crippen LogP contribution in [0.3, 0.4) is 0 Å². The molecule has 3 rings (SSSR count). The second-order valence-electron chi connectivity index (χ2n) is 6.56. The molecule has 0 aliphatic carbocycles. The molecule has 0 bridgehead atoms. The van der Waals surface area contributed by atoms with Gasteiger partial charge in [0, 0.05) is 43.8 Å². The SMILES string of the molecule is OC1CCN([C@H]2CCN(Cc3cccc(Cl)c3)C[C@@H]2O)CC1. The Morgan fingerprint density at radius 2 is 1.86 bits per heavy atom. The molecule has 0 unspecified atom stereocenters. The number of piperidine rings is 2. The van der Waals surface area contributed by atoms with E-state index in [9.17, 15) is 10.2 Å². The van der Waals surface area contributed by atoms with Crippen LogP contribution in [0.5, 0.6) is 0 Å². The van der Waals surface area contributed by atoms with E-state index in [1.807, 2.05) is 18.2 Å². The van der Waals surface area contributed by atoms with Crippen molar-refractivity contribution in [1.29, 1.82) is 0 Å². The Morgan fingerprint density at radius 1 is 1.09 bits per heavy atom. The molecule has 2 atom stereocenters. The van der Waals surface area contributed by atoms with Crippen LogP contribution in [-0.2, 0) is 6.54 Å². The molecule has 122 valence electrons. The van der Waals surface area contributed by atoms with Crippen LogP contribution < -0.4 is 0 Å². The fraction of sp³-hybridized carbons (Fsp3) is 0.647. The highest BCUT2D eigenvalue weighted by Crippen LogP contribution is 2.23. The van der Waals surface area contributed by atoms with Gasteiger partial charge in [-0.2, -0.15) is 0 Å². The number of likely N-dealkylation sites (tertiary alicyclic amines) is 2. The minimum Gasteiger partial charge on any atom is -0.393 e. The number of hydrogen-bond donors (Lipinski definition) is 2. The van der Waals surface area contributed by atoms with Crippen molar-refractivity contribution in [2.75, 3.05) is 26.2 Å². The number of aliphatic hydroxyl groups is 2. The molecule has 2 aliphatic heterocycles. The minimum atomic E-state index is -0.317. The van der Waals surface area contributed by atoms with E-state index < -0.39 is 0 Å². The Labute approximate surface area is 137 Å². The summed E-state index contributed by atoms with van der Waals surface area (Å²) >= 11 is 6.03. The molecule has 1 aromatic rings. The molecule has 2 N–H and O–H groups in total. The summed E-state index contributed by atoms with van der Waals surface area (Å²) in [5, 5.41) is 20.9. The summed E-state index contributed by atoms with van der Waals surface area (Å²) in [4.78, 5) is 4.65. The van der Waals surface area contributed by atoms with E-state index in [1.165, 1.54) is 5.56 Å². The summed E-state index contributed by atoms with van der Waals surface area (Å²) in [6.07, 6.45) is 2.17. The van der Waals surface area contributed by atoms with E-state index in [4.69, 9.17) is 11.6 Å². The maximum atomic E-state index is 10.5. The number of nitrogens with zero attached hydrogens (tertiary/aromatic N) is 2. The molecule has 0 aromatic heterocycles. The monoisotopic (exact) mass is 324 g/mol. The Bertz CT molecular complexity index is 491. The molecule has 0 amide bonds. The van der Waals surface area contributed by atoms with E-state index in [2.05, 4.69) is 15.9 Å². The zero-order valence-electron chi connectivity index (χ0n) is 12.9. The quantitative estimate of drug-likeness (QED) is 0.889. The van der Waals surface area contributed by atoms with Gasteiger partial charge in [-0.3, -0.25) is 9.80 Å². The first-order valence-corrected chi connectivity index (χ1v) is 8.56. The fourth-order valence-electron chi connectivity index (χ4n) is 3.67. The first-order valence-electron chi connectivity index (χ1n) is 8.19. The predicted octanol–water partition coefficient (Wildman–Crippen LogP) is 1.73. The van der Waals surface area contributed by atoms with Crippen LogP contribution in [0.4, 0.5) is 0 Å². The van der Waals surface area contributed by atoms with Crippen molar-refractivity contribution in [1.82, 2.24) is 9.80 Å². The van der Waals surface area contributed by atoms with Gasteiger partial charge in [0.1, 0.15) is 0 Å². The van der Waals surface area contributed by atoms with Crippen LogP contribution in [0.2, 0.25) is 5.02 Å². The van der Waals surface area contributed by atoms with Crippen molar-refractivity contribution >= 4 is 11.6 Å². The molecule has 0 spiro atoms. The van der Waals surface area contributed by atoms with Gasteiger partial charge in [0.25, 0.3) is 0 Å². The van der Waals surface area contributed by atoms with Gasteiger partial charge in [-0.15, -0.1) is 0 Å². The Morgan fingerprint density at radius 3 is 2.55 bits per heavy atom. The lowest BCUT2D eigenvalue weighted by Crippen LogP contribution is -2.55. The number of hydrogen-bond acceptors (Lipinski definition) is 4. The normalized spacial score (nSPS) is 28.9. The van der Waals surface area contributed by atoms with Crippen LogP contribution in [0.15, 0.2) is 24.3 Å². The summed E-state index contributed by atoms with van der Waals surface area (Å²) in [6.45, 7) is 4.33. The average molecular weight is 325 g/mol. The standard InChI is InChI=1S/C17H25ClN2O2/c18-14-3-1-2-13(10-14)11-19-7-6-16(17(22)12-19)20-8-4-15(21)5-9-20/h1-3,10,15-17,21-22H,4-9,11-12H2/t16-,17-/m0/s1. The molecule has 0 saturated carbocycles. The van der Waals surface area contributed by atoms with Gasteiger partial charge in [-0.05, 0) is 37.0 Å². The lowest BCUT2D eigenvalue weighted by molar-refractivity contribution is -0.0355. The van der Waals surface area contributed by atoms with E-state index in [0.29, 0.717) is 6.54 Å². The molecule has 2 saturated heterocycles. The third-order valence-corrected chi connectivity index (χ3v) is 5.13. The molecule has 2 fully saturated rings. The first-order chi connectivity index (χ1) is 10.6. The van der Waals surface area contributed by atoms with Gasteiger partial charge in [0.2, 0.25) is 0 Å². The van der Waals surface area contributed by atoms with Gasteiger partial charge >= 0.3 is 0 Å². The summed E-state index contributed by atoms with van der Waals surface area (Å²) in [7, 11) is 0. The van der Waals surface area contributed by atoms with Crippen molar-refractivity contribution in [3.63, 3.8) is 0 Å². The molecular weight excluding hydrogens is 300 g/mol. The third-order valence-electron chi connectivity index (χ3n) is 4.89. The molecule has 22 heavy (non-hydrogen) atoms. The lowest BCUT2D eigenvalue weighted by atomic mass is 9.96. The molecule has 5 heteroatoms. The van der Waals surface area contributed by atoms with Gasteiger partial charge < -0.3 is 10.2 Å². The molecule has 2 heterocycles. The lowest BCUT2D eigenvalue weighted by Gasteiger charge is -2.43. The molecule has 1 aromatic carbocycles. The highest BCUT2D eigenvalue weighted by molar-refractivity contribution is 6.30. The van der Waals surface area contributed by atoms with Crippen molar-refractivity contribution < 1.29 is 10.2 Å². The Hall–Kier alpha value is -0.650. The summed E-state index contributed by atoms with van der Waals surface area (Å²) < 4.78 is 0. The van der Waals surface area contributed by atoms with Gasteiger partial charge in [-0.1, -0.05) is 23.7 Å². The van der Waals surface area contributed by atoms with Gasteiger partial charge in [0.15, 0.2) is 0 Å². The summed E-state index contributed by atoms with van der Waals surface area (Å²) in [5.41, 5.74) is 1.19. The maximum absolute atomic E-state index is 10.5. The third kappa shape index (κ3) is 4.00. The highest BCUT2D eigenvalue weighted by atomic mass is 35.5. The van der Waals surface area contributed by atoms with Crippen LogP contribution in [-0.4, -0.2) is 64.4 Å². The number of aliphatic hydroxyl groups excluding tert-OH is 2. The predicted molar refractivity (Wildman–Crippen MR) is 88.0 cm³/mol. The molecule has 4 nitrogen and oxygen atoms in total. The van der Waals surface area contributed by atoms with Crippen LogP contribution in [0.1, 0.15) is 24.8 Å². The van der Waals surface area contributed by atoms with Gasteiger partial charge in [0.05, 0.1) is 12.2 Å². The Kier molecular flexibility index (Phi) is 5.37. The van der Waals surface area contributed by atoms with E-state index >= 15 is 0 Å². The average Bonchev–Trinajstić information content (AvgIpc) is 2.49. The molecule has 0 radical (unpaired) electrons. The van der Waals surface area contributed by atoms with Crippen molar-refractivity contribution in [3.05, 3.63) is 34.9 Å². The smallest absolute Gasteiger partial charge is 0.0822 e. The number of benzene rings is 1. The van der Waals surface area contributed by atoms with Gasteiger partial charge in [-0.25, -0.2) is 0 Å². The second kappa shape index (κ2) is 7.28. The second-order valence-corrected chi connectivity index (χ2v) is 6.99. The first kappa shape index (κ1) is 16.2. The van der Waals surface area contributed by atoms with E-state index in [0.717, 1.165) is 50.5 Å². The number of β-amino-alcohol motifs (C(OH)–C–C–N with tert-alkyl or cyclic N) is 1. The zero-order valence-corrected chi connectivity index (χ0v) is 13.6. The highest BCUT2D eigenvalue weighted by Gasteiger charge is 2.33. The topological polar surface area (TPSA) is 46.9 Å². The van der Waals surface area contributed by atoms with E-state index in [-0.39, 0.29) is 18.2 Å². The van der Waals surface area contributed by atoms with E-state index in [1.54, 1.807) is 0 Å². The molecule has 2 aliphatic rings. The van der Waals surface area contributed by atoms with Crippen LogP contribution in [0, 0.1) is 0 Å². The van der Waals surface area contributed by atoms with Crippen molar-refractivity contribution in [2.24, 2.45) is 0 Å². The fourth-order valence-corrected chi connectivity index (χ4v) is 3.88. The van der Waals surface area contributed by atoms with Crippen LogP contribution in [0.25, 0.3) is 0 Å². The summed E-state index contributed by atoms with van der Waals surface area (Å²) in [5.74, 6) is 0. The minimum absolute atomic E-state index is 0.156. The maximum Gasteiger partial charge on any atom is 0.0822 e. The van der Waals surface area contributed by atoms with Crippen molar-refractivity contribution in [2.45, 2.75) is 44.1 Å². The molecular formula is C17H25ClN2O2. The largest absolute Gasteiger partial charge is 0.393 e.